The highest BCUT2D eigenvalue weighted by atomic mass is 16.5. The second-order valence-corrected chi connectivity index (χ2v) is 13.0. The number of nitriles is 1. The fourth-order valence-electron chi connectivity index (χ4n) is 6.56. The maximum atomic E-state index is 9.61. The van der Waals surface area contributed by atoms with Crippen molar-refractivity contribution >= 4 is 0 Å². The molecule has 1 aromatic heterocycles. The molecule has 0 atom stereocenters. The van der Waals surface area contributed by atoms with E-state index in [9.17, 15) is 15.5 Å². The van der Waals surface area contributed by atoms with E-state index in [1.54, 1.807) is 12.3 Å². The minimum Gasteiger partial charge on any atom is -0.493 e. The smallest absolute Gasteiger partial charge is 0.128 e. The molecule has 2 heterocycles. The molecule has 1 aliphatic heterocycles. The molecule has 0 aliphatic carbocycles. The van der Waals surface area contributed by atoms with E-state index in [0.29, 0.717) is 49.9 Å². The van der Waals surface area contributed by atoms with Crippen LogP contribution in [0.5, 0.6) is 17.2 Å². The SMILES string of the molecule is Cc1cc(OCc2cccc(-c3cccc(OCCCN4CCCC4)c3C)c2C)cc(OCc2cncc(C#N)c2)c1CN(CCO)CCO. The summed E-state index contributed by atoms with van der Waals surface area (Å²) in [5, 5.41) is 28.5. The number of hydrogen-bond donors (Lipinski definition) is 2. The van der Waals surface area contributed by atoms with Crippen LogP contribution in [0, 0.1) is 32.1 Å². The summed E-state index contributed by atoms with van der Waals surface area (Å²) in [6, 6.07) is 20.4. The van der Waals surface area contributed by atoms with Gasteiger partial charge in [-0.1, -0.05) is 30.3 Å². The van der Waals surface area contributed by atoms with Crippen molar-refractivity contribution in [3.8, 4) is 34.4 Å². The molecule has 9 nitrogen and oxygen atoms in total. The first-order valence-electron chi connectivity index (χ1n) is 17.6. The zero-order chi connectivity index (χ0) is 35.3. The van der Waals surface area contributed by atoms with Crippen LogP contribution in [0.15, 0.2) is 67.0 Å². The van der Waals surface area contributed by atoms with Gasteiger partial charge in [-0.2, -0.15) is 5.26 Å². The van der Waals surface area contributed by atoms with Crippen molar-refractivity contribution in [2.75, 3.05) is 52.5 Å². The molecule has 0 amide bonds. The Morgan fingerprint density at radius 2 is 1.58 bits per heavy atom. The Morgan fingerprint density at radius 1 is 0.840 bits per heavy atom. The van der Waals surface area contributed by atoms with Gasteiger partial charge in [-0.25, -0.2) is 0 Å². The number of aryl methyl sites for hydroxylation is 1. The molecule has 2 N–H and O–H groups in total. The fraction of sp³-hybridized carbons (Fsp3) is 0.415. The first-order valence-corrected chi connectivity index (χ1v) is 17.6. The van der Waals surface area contributed by atoms with Crippen LogP contribution < -0.4 is 14.2 Å². The zero-order valence-corrected chi connectivity index (χ0v) is 29.7. The average Bonchev–Trinajstić information content (AvgIpc) is 3.65. The third kappa shape index (κ3) is 9.83. The van der Waals surface area contributed by atoms with E-state index in [4.69, 9.17) is 14.2 Å². The van der Waals surface area contributed by atoms with Crippen LogP contribution >= 0.6 is 0 Å². The van der Waals surface area contributed by atoms with Gasteiger partial charge in [-0.15, -0.1) is 0 Å². The zero-order valence-electron chi connectivity index (χ0n) is 29.7. The summed E-state index contributed by atoms with van der Waals surface area (Å²) >= 11 is 0. The van der Waals surface area contributed by atoms with E-state index in [2.05, 4.69) is 66.2 Å². The van der Waals surface area contributed by atoms with Crippen LogP contribution in [0.1, 0.15) is 58.2 Å². The Hall–Kier alpha value is -4.46. The molecule has 0 bridgehead atoms. The minimum atomic E-state index is -0.0167. The predicted molar refractivity (Wildman–Crippen MR) is 195 cm³/mol. The number of hydrogen-bond acceptors (Lipinski definition) is 9. The molecule has 0 radical (unpaired) electrons. The highest BCUT2D eigenvalue weighted by molar-refractivity contribution is 5.73. The third-order valence-corrected chi connectivity index (χ3v) is 9.43. The fourth-order valence-corrected chi connectivity index (χ4v) is 6.56. The standard InChI is InChI=1S/C41H50N4O5/c1-30-21-36(23-41(39(30)27-45(16-18-46)17-19-47)50-28-34-22-33(24-42)25-43-26-34)49-29-35-9-6-10-37(31(35)2)38-11-7-12-40(32(38)3)48-20-8-15-44-13-4-5-14-44/h6-7,9-12,21-23,25-26,46-47H,4-5,8,13-20,27-29H2,1-3H3. The van der Waals surface area contributed by atoms with E-state index in [-0.39, 0.29) is 19.8 Å². The molecular formula is C41H50N4O5. The van der Waals surface area contributed by atoms with Crippen LogP contribution in [0.25, 0.3) is 11.1 Å². The molecule has 4 aromatic rings. The Balaban J connectivity index is 1.32. The van der Waals surface area contributed by atoms with E-state index >= 15 is 0 Å². The van der Waals surface area contributed by atoms with Gasteiger partial charge in [0, 0.05) is 55.8 Å². The van der Waals surface area contributed by atoms with Gasteiger partial charge in [0.2, 0.25) is 0 Å². The molecule has 0 spiro atoms. The molecule has 3 aromatic carbocycles. The third-order valence-electron chi connectivity index (χ3n) is 9.43. The van der Waals surface area contributed by atoms with Gasteiger partial charge in [0.25, 0.3) is 0 Å². The number of ether oxygens (including phenoxy) is 3. The number of rotatable bonds is 18. The van der Waals surface area contributed by atoms with Gasteiger partial charge in [-0.3, -0.25) is 9.88 Å². The Labute approximate surface area is 296 Å². The van der Waals surface area contributed by atoms with Gasteiger partial charge in [0.15, 0.2) is 0 Å². The summed E-state index contributed by atoms with van der Waals surface area (Å²) in [5.41, 5.74) is 8.84. The molecule has 1 saturated heterocycles. The lowest BCUT2D eigenvalue weighted by molar-refractivity contribution is 0.154. The average molecular weight is 679 g/mol. The van der Waals surface area contributed by atoms with Crippen molar-refractivity contribution < 1.29 is 24.4 Å². The van der Waals surface area contributed by atoms with Crippen molar-refractivity contribution in [2.45, 2.75) is 59.8 Å². The summed E-state index contributed by atoms with van der Waals surface area (Å²) in [6.45, 7) is 12.4. The first kappa shape index (κ1) is 36.8. The highest BCUT2D eigenvalue weighted by Gasteiger charge is 2.17. The molecule has 50 heavy (non-hydrogen) atoms. The monoisotopic (exact) mass is 678 g/mol. The lowest BCUT2D eigenvalue weighted by atomic mass is 9.93. The lowest BCUT2D eigenvalue weighted by Crippen LogP contribution is -2.30. The number of likely N-dealkylation sites (tertiary alicyclic amines) is 1. The summed E-state index contributed by atoms with van der Waals surface area (Å²) in [4.78, 5) is 8.67. The number of nitrogens with zero attached hydrogens (tertiary/aromatic N) is 4. The highest BCUT2D eigenvalue weighted by Crippen LogP contribution is 2.35. The summed E-state index contributed by atoms with van der Waals surface area (Å²) in [6.07, 6.45) is 6.85. The Kier molecular flexibility index (Phi) is 13.6. The van der Waals surface area contributed by atoms with Crippen LogP contribution in [-0.2, 0) is 19.8 Å². The van der Waals surface area contributed by atoms with Crippen molar-refractivity contribution in [1.29, 1.82) is 5.26 Å². The van der Waals surface area contributed by atoms with E-state index in [0.717, 1.165) is 63.2 Å². The molecule has 0 unspecified atom stereocenters. The van der Waals surface area contributed by atoms with Gasteiger partial charge in [0.05, 0.1) is 25.4 Å². The van der Waals surface area contributed by atoms with E-state index in [1.165, 1.54) is 32.1 Å². The van der Waals surface area contributed by atoms with E-state index < -0.39 is 0 Å². The van der Waals surface area contributed by atoms with Gasteiger partial charge in [0.1, 0.15) is 36.5 Å². The van der Waals surface area contributed by atoms with Gasteiger partial charge < -0.3 is 29.3 Å². The maximum Gasteiger partial charge on any atom is 0.128 e. The number of aliphatic hydroxyl groups is 2. The number of aromatic nitrogens is 1. The largest absolute Gasteiger partial charge is 0.493 e. The second-order valence-electron chi connectivity index (χ2n) is 13.0. The molecule has 9 heteroatoms. The predicted octanol–water partition coefficient (Wildman–Crippen LogP) is 6.35. The normalized spacial score (nSPS) is 13.1. The number of pyridine rings is 1. The van der Waals surface area contributed by atoms with Crippen molar-refractivity contribution in [3.05, 3.63) is 106 Å². The topological polar surface area (TPSA) is 111 Å². The maximum absolute atomic E-state index is 9.61. The molecule has 5 rings (SSSR count). The molecule has 264 valence electrons. The Bertz CT molecular complexity index is 1740. The molecular weight excluding hydrogens is 628 g/mol. The van der Waals surface area contributed by atoms with Crippen molar-refractivity contribution in [3.63, 3.8) is 0 Å². The number of benzene rings is 3. The van der Waals surface area contributed by atoms with Crippen molar-refractivity contribution in [2.24, 2.45) is 0 Å². The minimum absolute atomic E-state index is 0.0167. The van der Waals surface area contributed by atoms with Gasteiger partial charge >= 0.3 is 0 Å². The summed E-state index contributed by atoms with van der Waals surface area (Å²) in [7, 11) is 0. The van der Waals surface area contributed by atoms with Crippen LogP contribution in [0.3, 0.4) is 0 Å². The molecule has 1 fully saturated rings. The first-order chi connectivity index (χ1) is 24.4. The summed E-state index contributed by atoms with van der Waals surface area (Å²) in [5.74, 6) is 2.24. The van der Waals surface area contributed by atoms with Crippen LogP contribution in [0.4, 0.5) is 0 Å². The quantitative estimate of drug-likeness (QED) is 0.116. The van der Waals surface area contributed by atoms with E-state index in [1.807, 2.05) is 24.0 Å². The van der Waals surface area contributed by atoms with Crippen LogP contribution in [-0.4, -0.2) is 77.5 Å². The second kappa shape index (κ2) is 18.5. The lowest BCUT2D eigenvalue weighted by Gasteiger charge is -2.24. The molecule has 1 aliphatic rings. The summed E-state index contributed by atoms with van der Waals surface area (Å²) < 4.78 is 19.0. The molecule has 0 saturated carbocycles. The van der Waals surface area contributed by atoms with Crippen LogP contribution in [0.2, 0.25) is 0 Å². The number of aliphatic hydroxyl groups excluding tert-OH is 2. The van der Waals surface area contributed by atoms with Crippen molar-refractivity contribution in [1.82, 2.24) is 14.8 Å². The Morgan fingerprint density at radius 3 is 2.32 bits per heavy atom. The van der Waals surface area contributed by atoms with Gasteiger partial charge in [-0.05, 0) is 105 Å².